The third kappa shape index (κ3) is 5.57. The van der Waals surface area contributed by atoms with Crippen molar-refractivity contribution in [3.8, 4) is 5.75 Å². The number of carbonyl (C=O) groups excluding carboxylic acids is 1. The van der Waals surface area contributed by atoms with Crippen molar-refractivity contribution < 1.29 is 17.9 Å². The van der Waals surface area contributed by atoms with Gasteiger partial charge in [-0.25, -0.2) is 12.7 Å². The number of hydrogen-bond donors (Lipinski definition) is 1. The van der Waals surface area contributed by atoms with Crippen molar-refractivity contribution in [1.29, 1.82) is 0 Å². The SMILES string of the molecule is COc1ccc(C(=O)N(C)CC(C)(C)CN)cc1S(=O)(=O)N(C)C.Cl. The number of benzene rings is 1. The van der Waals surface area contributed by atoms with E-state index < -0.39 is 10.0 Å². The molecule has 9 heteroatoms. The molecule has 0 atom stereocenters. The predicted molar refractivity (Wildman–Crippen MR) is 101 cm³/mol. The fourth-order valence-corrected chi connectivity index (χ4v) is 3.28. The number of hydrogen-bond acceptors (Lipinski definition) is 5. The lowest BCUT2D eigenvalue weighted by molar-refractivity contribution is 0.0740. The van der Waals surface area contributed by atoms with E-state index in [4.69, 9.17) is 10.5 Å². The molecule has 1 rings (SSSR count). The molecule has 0 aromatic heterocycles. The number of carbonyl (C=O) groups is 1. The van der Waals surface area contributed by atoms with Crippen LogP contribution in [0.1, 0.15) is 24.2 Å². The van der Waals surface area contributed by atoms with Gasteiger partial charge in [0, 0.05) is 33.3 Å². The highest BCUT2D eigenvalue weighted by Crippen LogP contribution is 2.27. The molecule has 0 heterocycles. The van der Waals surface area contributed by atoms with Crippen LogP contribution in [0.4, 0.5) is 0 Å². The average Bonchev–Trinajstić information content (AvgIpc) is 2.52. The summed E-state index contributed by atoms with van der Waals surface area (Å²) >= 11 is 0. The number of amides is 1. The van der Waals surface area contributed by atoms with Crippen LogP contribution in [-0.2, 0) is 10.0 Å². The van der Waals surface area contributed by atoms with Gasteiger partial charge in [0.25, 0.3) is 5.91 Å². The van der Waals surface area contributed by atoms with Crippen LogP contribution in [0.25, 0.3) is 0 Å². The Morgan fingerprint density at radius 1 is 1.24 bits per heavy atom. The Balaban J connectivity index is 0.00000576. The molecule has 0 aliphatic rings. The number of rotatable bonds is 7. The lowest BCUT2D eigenvalue weighted by atomic mass is 9.93. The van der Waals surface area contributed by atoms with Crippen molar-refractivity contribution in [2.75, 3.05) is 41.3 Å². The Bertz CT molecular complexity index is 705. The highest BCUT2D eigenvalue weighted by atomic mass is 35.5. The molecule has 0 aliphatic heterocycles. The smallest absolute Gasteiger partial charge is 0.253 e. The first kappa shape index (κ1) is 23.6. The van der Waals surface area contributed by atoms with Crippen molar-refractivity contribution in [2.24, 2.45) is 11.1 Å². The lowest BCUT2D eigenvalue weighted by Crippen LogP contribution is -2.39. The molecule has 0 fully saturated rings. The van der Waals surface area contributed by atoms with Crippen molar-refractivity contribution in [3.05, 3.63) is 23.8 Å². The van der Waals surface area contributed by atoms with Crippen molar-refractivity contribution in [3.63, 3.8) is 0 Å². The van der Waals surface area contributed by atoms with E-state index in [1.807, 2.05) is 13.8 Å². The highest BCUT2D eigenvalue weighted by Gasteiger charge is 2.26. The first-order valence-electron chi connectivity index (χ1n) is 7.52. The number of halogens is 1. The van der Waals surface area contributed by atoms with Crippen LogP contribution in [-0.4, -0.2) is 64.9 Å². The van der Waals surface area contributed by atoms with E-state index >= 15 is 0 Å². The monoisotopic (exact) mass is 393 g/mol. The summed E-state index contributed by atoms with van der Waals surface area (Å²) in [5.74, 6) is -0.0698. The van der Waals surface area contributed by atoms with E-state index in [0.29, 0.717) is 13.1 Å². The summed E-state index contributed by atoms with van der Waals surface area (Å²) in [5, 5.41) is 0. The van der Waals surface area contributed by atoms with Gasteiger partial charge in [0.1, 0.15) is 10.6 Å². The molecule has 1 amide bonds. The summed E-state index contributed by atoms with van der Waals surface area (Å²) in [4.78, 5) is 14.1. The lowest BCUT2D eigenvalue weighted by Gasteiger charge is -2.29. The van der Waals surface area contributed by atoms with E-state index in [9.17, 15) is 13.2 Å². The molecule has 0 spiro atoms. The normalized spacial score (nSPS) is 11.8. The second-order valence-corrected chi connectivity index (χ2v) is 8.80. The number of sulfonamides is 1. The van der Waals surface area contributed by atoms with E-state index in [0.717, 1.165) is 4.31 Å². The summed E-state index contributed by atoms with van der Waals surface area (Å²) in [5.41, 5.74) is 5.76. The molecule has 0 saturated carbocycles. The molecule has 1 aromatic rings. The molecule has 0 aliphatic carbocycles. The van der Waals surface area contributed by atoms with E-state index in [1.54, 1.807) is 18.0 Å². The Hall–Kier alpha value is -1.35. The Kier molecular flexibility index (Phi) is 8.37. The summed E-state index contributed by atoms with van der Waals surface area (Å²) in [6, 6.07) is 4.40. The van der Waals surface area contributed by atoms with Gasteiger partial charge in [0.15, 0.2) is 0 Å². The first-order valence-corrected chi connectivity index (χ1v) is 8.96. The highest BCUT2D eigenvalue weighted by molar-refractivity contribution is 7.89. The van der Waals surface area contributed by atoms with Crippen LogP contribution >= 0.6 is 12.4 Å². The summed E-state index contributed by atoms with van der Waals surface area (Å²) in [6.07, 6.45) is 0. The Morgan fingerprint density at radius 2 is 1.80 bits per heavy atom. The summed E-state index contributed by atoms with van der Waals surface area (Å²) in [7, 11) is 2.20. The van der Waals surface area contributed by atoms with Crippen molar-refractivity contribution in [1.82, 2.24) is 9.21 Å². The molecule has 144 valence electrons. The van der Waals surface area contributed by atoms with E-state index in [-0.39, 0.29) is 39.9 Å². The largest absolute Gasteiger partial charge is 0.495 e. The fourth-order valence-electron chi connectivity index (χ4n) is 2.21. The summed E-state index contributed by atoms with van der Waals surface area (Å²) in [6.45, 7) is 4.83. The van der Waals surface area contributed by atoms with Crippen LogP contribution in [0.15, 0.2) is 23.1 Å². The maximum atomic E-state index is 12.6. The molecule has 0 bridgehead atoms. The molecule has 2 N–H and O–H groups in total. The van der Waals surface area contributed by atoms with E-state index in [1.165, 1.54) is 33.3 Å². The van der Waals surface area contributed by atoms with Gasteiger partial charge in [-0.05, 0) is 30.2 Å². The van der Waals surface area contributed by atoms with Crippen LogP contribution in [0.2, 0.25) is 0 Å². The van der Waals surface area contributed by atoms with Gasteiger partial charge in [0.2, 0.25) is 10.0 Å². The topological polar surface area (TPSA) is 92.9 Å². The number of methoxy groups -OCH3 is 1. The summed E-state index contributed by atoms with van der Waals surface area (Å²) < 4.78 is 31.1. The minimum Gasteiger partial charge on any atom is -0.495 e. The average molecular weight is 394 g/mol. The predicted octanol–water partition coefficient (Wildman–Crippen LogP) is 1.42. The second kappa shape index (κ2) is 8.84. The quantitative estimate of drug-likeness (QED) is 0.756. The number of nitrogens with zero attached hydrogens (tertiary/aromatic N) is 2. The molecule has 0 saturated heterocycles. The van der Waals surface area contributed by atoms with Crippen molar-refractivity contribution >= 4 is 28.3 Å². The zero-order valence-corrected chi connectivity index (χ0v) is 17.2. The minimum absolute atomic E-state index is 0. The fraction of sp³-hybridized carbons (Fsp3) is 0.562. The zero-order chi connectivity index (χ0) is 18.7. The molecular formula is C16H28ClN3O4S. The van der Waals surface area contributed by atoms with E-state index in [2.05, 4.69) is 0 Å². The Labute approximate surface area is 156 Å². The van der Waals surface area contributed by atoms with Gasteiger partial charge in [-0.1, -0.05) is 13.8 Å². The minimum atomic E-state index is -3.72. The van der Waals surface area contributed by atoms with Crippen LogP contribution < -0.4 is 10.5 Å². The second-order valence-electron chi connectivity index (χ2n) is 6.68. The van der Waals surface area contributed by atoms with Gasteiger partial charge < -0.3 is 15.4 Å². The third-order valence-corrected chi connectivity index (χ3v) is 5.57. The van der Waals surface area contributed by atoms with Gasteiger partial charge in [-0.2, -0.15) is 0 Å². The third-order valence-electron chi connectivity index (χ3n) is 3.73. The first-order chi connectivity index (χ1) is 11.0. The Morgan fingerprint density at radius 3 is 2.24 bits per heavy atom. The number of nitrogens with two attached hydrogens (primary N) is 1. The van der Waals surface area contributed by atoms with Crippen LogP contribution in [0, 0.1) is 5.41 Å². The standard InChI is InChI=1S/C16H27N3O4S.ClH/c1-16(2,10-17)11-19(5)15(20)12-7-8-13(23-6)14(9-12)24(21,22)18(3)4;/h7-9H,10-11,17H2,1-6H3;1H. The zero-order valence-electron chi connectivity index (χ0n) is 15.6. The molecule has 0 unspecified atom stereocenters. The molecule has 25 heavy (non-hydrogen) atoms. The molecule has 0 radical (unpaired) electrons. The maximum absolute atomic E-state index is 12.6. The van der Waals surface area contributed by atoms with Gasteiger partial charge in [-0.3, -0.25) is 4.79 Å². The van der Waals surface area contributed by atoms with Crippen LogP contribution in [0.3, 0.4) is 0 Å². The van der Waals surface area contributed by atoms with Gasteiger partial charge in [-0.15, -0.1) is 12.4 Å². The van der Waals surface area contributed by atoms with Crippen LogP contribution in [0.5, 0.6) is 5.75 Å². The molecule has 1 aromatic carbocycles. The van der Waals surface area contributed by atoms with Crippen molar-refractivity contribution in [2.45, 2.75) is 18.7 Å². The maximum Gasteiger partial charge on any atom is 0.253 e. The molecular weight excluding hydrogens is 366 g/mol. The molecule has 7 nitrogen and oxygen atoms in total. The van der Waals surface area contributed by atoms with Gasteiger partial charge >= 0.3 is 0 Å². The number of ether oxygens (including phenoxy) is 1. The van der Waals surface area contributed by atoms with Gasteiger partial charge in [0.05, 0.1) is 7.11 Å².